The molecule has 1 aliphatic rings. The molecule has 0 aliphatic carbocycles. The number of aryl methyl sites for hydroxylation is 1. The van der Waals surface area contributed by atoms with Crippen LogP contribution in [-0.4, -0.2) is 52.3 Å². The minimum absolute atomic E-state index is 0.116. The molecule has 156 valence electrons. The van der Waals surface area contributed by atoms with E-state index < -0.39 is 12.0 Å². The van der Waals surface area contributed by atoms with Gasteiger partial charge in [0.1, 0.15) is 17.5 Å². The Balaban J connectivity index is 1.84. The summed E-state index contributed by atoms with van der Waals surface area (Å²) in [5, 5.41) is 10.7. The number of aliphatic carboxylic acids is 1. The van der Waals surface area contributed by atoms with Crippen molar-refractivity contribution in [2.75, 3.05) is 20.8 Å². The molecule has 1 N–H and O–H groups in total. The third-order valence-electron chi connectivity index (χ3n) is 5.68. The number of aromatic nitrogens is 2. The van der Waals surface area contributed by atoms with E-state index in [9.17, 15) is 14.7 Å². The molecule has 3 heterocycles. The van der Waals surface area contributed by atoms with Crippen LogP contribution in [0.15, 0.2) is 41.6 Å². The monoisotopic (exact) mass is 409 g/mol. The van der Waals surface area contributed by atoms with Gasteiger partial charge in [-0.15, -0.1) is 0 Å². The fourth-order valence-corrected chi connectivity index (χ4v) is 3.95. The summed E-state index contributed by atoms with van der Waals surface area (Å²) in [6.07, 6.45) is 5.65. The molecule has 4 rings (SSSR count). The Morgan fingerprint density at radius 2 is 1.93 bits per heavy atom. The van der Waals surface area contributed by atoms with E-state index in [0.29, 0.717) is 36.4 Å². The average molecular weight is 409 g/mol. The van der Waals surface area contributed by atoms with Crippen LogP contribution in [0.3, 0.4) is 0 Å². The summed E-state index contributed by atoms with van der Waals surface area (Å²) in [6, 6.07) is 5.12. The number of hydrogen-bond acceptors (Lipinski definition) is 6. The first kappa shape index (κ1) is 19.9. The maximum atomic E-state index is 12.5. The van der Waals surface area contributed by atoms with Gasteiger partial charge in [-0.3, -0.25) is 19.5 Å². The summed E-state index contributed by atoms with van der Waals surface area (Å²) in [6.45, 7) is 1.13. The normalized spacial score (nSPS) is 16.3. The number of rotatable bonds is 6. The number of methoxy groups -OCH3 is 2. The van der Waals surface area contributed by atoms with E-state index in [2.05, 4.69) is 4.98 Å². The van der Waals surface area contributed by atoms with Gasteiger partial charge in [-0.2, -0.15) is 0 Å². The number of ether oxygens (including phenoxy) is 2. The lowest BCUT2D eigenvalue weighted by Crippen LogP contribution is -2.51. The van der Waals surface area contributed by atoms with Gasteiger partial charge in [-0.25, -0.2) is 0 Å². The highest BCUT2D eigenvalue weighted by atomic mass is 16.5. The summed E-state index contributed by atoms with van der Waals surface area (Å²) >= 11 is 0. The van der Waals surface area contributed by atoms with E-state index in [1.54, 1.807) is 39.9 Å². The smallest absolute Gasteiger partial charge is 0.320 e. The number of fused-ring (bicyclic) bond motifs is 1. The largest absolute Gasteiger partial charge is 0.496 e. The lowest BCUT2D eigenvalue weighted by atomic mass is 9.97. The van der Waals surface area contributed by atoms with Crippen LogP contribution in [0.1, 0.15) is 12.0 Å². The molecular formula is C22H23N3O5. The molecule has 30 heavy (non-hydrogen) atoms. The van der Waals surface area contributed by atoms with Gasteiger partial charge in [0.05, 0.1) is 25.2 Å². The first-order valence-electron chi connectivity index (χ1n) is 9.60. The van der Waals surface area contributed by atoms with Crippen molar-refractivity contribution in [3.8, 4) is 22.6 Å². The number of hydrogen-bond donors (Lipinski definition) is 1. The number of pyridine rings is 2. The van der Waals surface area contributed by atoms with Gasteiger partial charge in [0.15, 0.2) is 0 Å². The van der Waals surface area contributed by atoms with Crippen LogP contribution in [0.4, 0.5) is 0 Å². The van der Waals surface area contributed by atoms with Crippen molar-refractivity contribution in [3.63, 3.8) is 0 Å². The molecule has 1 atom stereocenters. The first-order valence-corrected chi connectivity index (χ1v) is 9.60. The fraction of sp³-hybridized carbons (Fsp3) is 0.318. The SMILES string of the molecule is COc1cc(-c2cn(C)c(=O)c3cnccc23)cc(OC)c1CN1CCC1C(=O)O. The number of carboxylic acid groups (broad SMARTS) is 1. The molecule has 1 aliphatic heterocycles. The lowest BCUT2D eigenvalue weighted by molar-refractivity contribution is -0.148. The minimum atomic E-state index is -0.818. The van der Waals surface area contributed by atoms with Gasteiger partial charge in [-0.1, -0.05) is 0 Å². The number of carbonyl (C=O) groups is 1. The van der Waals surface area contributed by atoms with E-state index in [4.69, 9.17) is 9.47 Å². The Morgan fingerprint density at radius 1 is 1.23 bits per heavy atom. The van der Waals surface area contributed by atoms with Gasteiger partial charge >= 0.3 is 5.97 Å². The third-order valence-corrected chi connectivity index (χ3v) is 5.68. The topological polar surface area (TPSA) is 93.9 Å². The fourth-order valence-electron chi connectivity index (χ4n) is 3.95. The summed E-state index contributed by atoms with van der Waals surface area (Å²) in [4.78, 5) is 29.8. The zero-order valence-electron chi connectivity index (χ0n) is 17.1. The van der Waals surface area contributed by atoms with E-state index >= 15 is 0 Å². The van der Waals surface area contributed by atoms with E-state index in [0.717, 1.165) is 22.1 Å². The molecule has 0 saturated carbocycles. The number of likely N-dealkylation sites (tertiary alicyclic amines) is 1. The van der Waals surface area contributed by atoms with Crippen LogP contribution in [0, 0.1) is 0 Å². The molecule has 0 spiro atoms. The van der Waals surface area contributed by atoms with Crippen molar-refractivity contribution in [2.24, 2.45) is 7.05 Å². The highest BCUT2D eigenvalue weighted by molar-refractivity contribution is 5.95. The molecule has 0 amide bonds. The maximum absolute atomic E-state index is 12.5. The molecule has 0 radical (unpaired) electrons. The number of carboxylic acids is 1. The lowest BCUT2D eigenvalue weighted by Gasteiger charge is -2.38. The standard InChI is InChI=1S/C22H23N3O5/c1-24-11-16(14-4-6-23-10-15(14)21(24)26)13-8-19(29-2)17(20(9-13)30-3)12-25-7-5-18(25)22(27)28/h4,6,8-11,18H,5,7,12H2,1-3H3,(H,27,28). The molecule has 1 unspecified atom stereocenters. The van der Waals surface area contributed by atoms with Crippen LogP contribution >= 0.6 is 0 Å². The average Bonchev–Trinajstić information content (AvgIpc) is 2.72. The quantitative estimate of drug-likeness (QED) is 0.667. The molecule has 8 heteroatoms. The van der Waals surface area contributed by atoms with Crippen molar-refractivity contribution in [2.45, 2.75) is 19.0 Å². The summed E-state index contributed by atoms with van der Waals surface area (Å²) < 4.78 is 12.8. The van der Waals surface area contributed by atoms with Gasteiger partial charge in [0.2, 0.25) is 0 Å². The molecular weight excluding hydrogens is 386 g/mol. The van der Waals surface area contributed by atoms with Crippen LogP contribution in [0.2, 0.25) is 0 Å². The highest BCUT2D eigenvalue weighted by Crippen LogP contribution is 2.38. The summed E-state index contributed by atoms with van der Waals surface area (Å²) in [5.41, 5.74) is 2.36. The van der Waals surface area contributed by atoms with Crippen molar-refractivity contribution in [1.29, 1.82) is 0 Å². The third kappa shape index (κ3) is 3.29. The molecule has 2 aromatic heterocycles. The van der Waals surface area contributed by atoms with E-state index in [1.165, 1.54) is 4.57 Å². The number of nitrogens with zero attached hydrogens (tertiary/aromatic N) is 3. The van der Waals surface area contributed by atoms with Crippen molar-refractivity contribution in [1.82, 2.24) is 14.5 Å². The highest BCUT2D eigenvalue weighted by Gasteiger charge is 2.35. The van der Waals surface area contributed by atoms with Crippen molar-refractivity contribution >= 4 is 16.7 Å². The van der Waals surface area contributed by atoms with Crippen LogP contribution in [0.5, 0.6) is 11.5 Å². The summed E-state index contributed by atoms with van der Waals surface area (Å²) in [5.74, 6) is 0.397. The van der Waals surface area contributed by atoms with Crippen LogP contribution in [-0.2, 0) is 18.4 Å². The molecule has 0 bridgehead atoms. The zero-order valence-corrected chi connectivity index (χ0v) is 17.1. The van der Waals surface area contributed by atoms with Gasteiger partial charge < -0.3 is 19.1 Å². The molecule has 3 aromatic rings. The number of benzene rings is 1. The second kappa shape index (κ2) is 7.79. The van der Waals surface area contributed by atoms with Crippen molar-refractivity contribution in [3.05, 3.63) is 52.7 Å². The predicted molar refractivity (Wildman–Crippen MR) is 112 cm³/mol. The Kier molecular flexibility index (Phi) is 5.17. The molecule has 1 fully saturated rings. The van der Waals surface area contributed by atoms with Crippen molar-refractivity contribution < 1.29 is 19.4 Å². The molecule has 1 saturated heterocycles. The van der Waals surface area contributed by atoms with Gasteiger partial charge in [0.25, 0.3) is 5.56 Å². The zero-order chi connectivity index (χ0) is 21.4. The maximum Gasteiger partial charge on any atom is 0.320 e. The minimum Gasteiger partial charge on any atom is -0.496 e. The van der Waals surface area contributed by atoms with Crippen LogP contribution in [0.25, 0.3) is 21.9 Å². The first-order chi connectivity index (χ1) is 14.4. The van der Waals surface area contributed by atoms with E-state index in [-0.39, 0.29) is 5.56 Å². The van der Waals surface area contributed by atoms with Gasteiger partial charge in [0, 0.05) is 44.3 Å². The second-order valence-corrected chi connectivity index (χ2v) is 7.35. The predicted octanol–water partition coefficient (Wildman–Crippen LogP) is 2.28. The molecule has 8 nitrogen and oxygen atoms in total. The Labute approximate surface area is 173 Å². The molecule has 1 aromatic carbocycles. The Morgan fingerprint density at radius 3 is 2.50 bits per heavy atom. The van der Waals surface area contributed by atoms with E-state index in [1.807, 2.05) is 23.1 Å². The van der Waals surface area contributed by atoms with Crippen LogP contribution < -0.4 is 15.0 Å². The van der Waals surface area contributed by atoms with Gasteiger partial charge in [-0.05, 0) is 35.6 Å². The summed E-state index contributed by atoms with van der Waals surface area (Å²) in [7, 11) is 4.86. The second-order valence-electron chi connectivity index (χ2n) is 7.35. The Bertz CT molecular complexity index is 1160. The Hall–Kier alpha value is -3.39.